The van der Waals surface area contributed by atoms with Crippen LogP contribution in [0.1, 0.15) is 19.9 Å². The fourth-order valence-corrected chi connectivity index (χ4v) is 1.36. The van der Waals surface area contributed by atoms with Crippen LogP contribution in [0.25, 0.3) is 0 Å². The van der Waals surface area contributed by atoms with E-state index in [0.717, 1.165) is 5.49 Å². The van der Waals surface area contributed by atoms with E-state index in [1.807, 2.05) is 6.20 Å². The van der Waals surface area contributed by atoms with Gasteiger partial charge in [0.05, 0.1) is 6.20 Å². The van der Waals surface area contributed by atoms with E-state index in [9.17, 15) is 0 Å². The highest BCUT2D eigenvalue weighted by molar-refractivity contribution is 9.09. The standard InChI is InChI=1S/C9H14BrN3/c1-7(10)8(2)13-5-4-12-6-9(13)11-3/h4-8H,1-3H3/b11-9-/t7?,8-/m0/s1. The highest BCUT2D eigenvalue weighted by Crippen LogP contribution is 2.14. The van der Waals surface area contributed by atoms with Crippen LogP contribution in [0.2, 0.25) is 0 Å². The normalized spacial score (nSPS) is 17.1. The molecule has 0 aliphatic rings. The maximum atomic E-state index is 4.15. The Morgan fingerprint density at radius 2 is 2.23 bits per heavy atom. The third-order valence-electron chi connectivity index (χ3n) is 2.10. The molecule has 0 fully saturated rings. The fraction of sp³-hybridized carbons (Fsp3) is 0.556. The summed E-state index contributed by atoms with van der Waals surface area (Å²) in [7, 11) is 1.78. The van der Waals surface area contributed by atoms with Crippen LogP contribution in [-0.4, -0.2) is 21.4 Å². The third kappa shape index (κ3) is 2.40. The van der Waals surface area contributed by atoms with E-state index in [-0.39, 0.29) is 0 Å². The molecule has 1 aromatic rings. The zero-order valence-corrected chi connectivity index (χ0v) is 9.69. The van der Waals surface area contributed by atoms with E-state index in [4.69, 9.17) is 0 Å². The molecule has 0 spiro atoms. The van der Waals surface area contributed by atoms with Crippen molar-refractivity contribution in [2.75, 3.05) is 7.05 Å². The summed E-state index contributed by atoms with van der Waals surface area (Å²) in [6.07, 6.45) is 5.50. The average Bonchev–Trinajstić information content (AvgIpc) is 2.16. The Kier molecular flexibility index (Phi) is 3.66. The van der Waals surface area contributed by atoms with Gasteiger partial charge in [0.15, 0.2) is 0 Å². The van der Waals surface area contributed by atoms with Gasteiger partial charge in [-0.2, -0.15) is 0 Å². The van der Waals surface area contributed by atoms with Crippen LogP contribution in [0, 0.1) is 0 Å². The summed E-state index contributed by atoms with van der Waals surface area (Å²) >= 11 is 3.56. The first-order valence-electron chi connectivity index (χ1n) is 4.26. The fourth-order valence-electron chi connectivity index (χ4n) is 1.10. The second-order valence-electron chi connectivity index (χ2n) is 2.98. The predicted molar refractivity (Wildman–Crippen MR) is 56.8 cm³/mol. The van der Waals surface area contributed by atoms with Crippen molar-refractivity contribution in [3.05, 3.63) is 24.1 Å². The Bertz CT molecular complexity index is 330. The Morgan fingerprint density at radius 1 is 1.54 bits per heavy atom. The second kappa shape index (κ2) is 4.56. The van der Waals surface area contributed by atoms with Crippen LogP contribution in [0.4, 0.5) is 0 Å². The molecule has 0 N–H and O–H groups in total. The number of hydrogen-bond donors (Lipinski definition) is 0. The first kappa shape index (κ1) is 10.4. The van der Waals surface area contributed by atoms with E-state index in [0.29, 0.717) is 10.9 Å². The van der Waals surface area contributed by atoms with Gasteiger partial charge in [0.2, 0.25) is 0 Å². The molecule has 0 radical (unpaired) electrons. The first-order valence-corrected chi connectivity index (χ1v) is 5.17. The van der Waals surface area contributed by atoms with Crippen molar-refractivity contribution in [2.45, 2.75) is 24.7 Å². The number of rotatable bonds is 2. The van der Waals surface area contributed by atoms with Gasteiger partial charge >= 0.3 is 0 Å². The minimum absolute atomic E-state index is 0.377. The van der Waals surface area contributed by atoms with Crippen molar-refractivity contribution in [1.82, 2.24) is 9.55 Å². The van der Waals surface area contributed by atoms with E-state index < -0.39 is 0 Å². The van der Waals surface area contributed by atoms with Crippen molar-refractivity contribution in [3.63, 3.8) is 0 Å². The number of nitrogens with zero attached hydrogens (tertiary/aromatic N) is 3. The smallest absolute Gasteiger partial charge is 0.146 e. The Morgan fingerprint density at radius 3 is 2.77 bits per heavy atom. The molecule has 1 heterocycles. The SMILES string of the molecule is C/N=c1/cnccn1[C@@H](C)C(C)Br. The van der Waals surface area contributed by atoms with Crippen LogP contribution >= 0.6 is 15.9 Å². The second-order valence-corrected chi connectivity index (χ2v) is 4.43. The molecule has 4 heteroatoms. The molecule has 0 amide bonds. The number of halogens is 1. The van der Waals surface area contributed by atoms with Gasteiger partial charge in [-0.25, -0.2) is 0 Å². The number of aromatic nitrogens is 2. The minimum atomic E-state index is 0.377. The molecule has 1 aromatic heterocycles. The molecule has 2 atom stereocenters. The lowest BCUT2D eigenvalue weighted by Crippen LogP contribution is -2.27. The maximum absolute atomic E-state index is 4.15. The highest BCUT2D eigenvalue weighted by atomic mass is 79.9. The van der Waals surface area contributed by atoms with Gasteiger partial charge in [0.25, 0.3) is 0 Å². The molecule has 0 saturated carbocycles. The number of hydrogen-bond acceptors (Lipinski definition) is 2. The van der Waals surface area contributed by atoms with Crippen LogP contribution in [-0.2, 0) is 0 Å². The van der Waals surface area contributed by atoms with Crippen molar-refractivity contribution < 1.29 is 0 Å². The van der Waals surface area contributed by atoms with Crippen LogP contribution in [0.15, 0.2) is 23.6 Å². The summed E-state index contributed by atoms with van der Waals surface area (Å²) in [6.45, 7) is 4.27. The Hall–Kier alpha value is -0.640. The minimum Gasteiger partial charge on any atom is -0.327 e. The average molecular weight is 244 g/mol. The van der Waals surface area contributed by atoms with Crippen LogP contribution < -0.4 is 5.49 Å². The van der Waals surface area contributed by atoms with Crippen molar-refractivity contribution in [1.29, 1.82) is 0 Å². The molecule has 0 aliphatic carbocycles. The Balaban J connectivity index is 3.14. The monoisotopic (exact) mass is 243 g/mol. The topological polar surface area (TPSA) is 30.2 Å². The van der Waals surface area contributed by atoms with Crippen molar-refractivity contribution in [2.24, 2.45) is 4.99 Å². The van der Waals surface area contributed by atoms with Crippen molar-refractivity contribution >= 4 is 15.9 Å². The van der Waals surface area contributed by atoms with E-state index in [1.54, 1.807) is 19.4 Å². The van der Waals surface area contributed by atoms with E-state index >= 15 is 0 Å². The zero-order valence-electron chi connectivity index (χ0n) is 8.11. The largest absolute Gasteiger partial charge is 0.327 e. The molecular formula is C9H14BrN3. The summed E-state index contributed by atoms with van der Waals surface area (Å²) in [5.41, 5.74) is 0.904. The van der Waals surface area contributed by atoms with Gasteiger partial charge in [-0.3, -0.25) is 9.98 Å². The Labute approximate surface area is 86.7 Å². The lowest BCUT2D eigenvalue weighted by molar-refractivity contribution is 0.520. The lowest BCUT2D eigenvalue weighted by Gasteiger charge is -2.18. The van der Waals surface area contributed by atoms with Gasteiger partial charge in [-0.15, -0.1) is 0 Å². The highest BCUT2D eigenvalue weighted by Gasteiger charge is 2.09. The summed E-state index contributed by atoms with van der Waals surface area (Å²) < 4.78 is 2.10. The molecule has 13 heavy (non-hydrogen) atoms. The first-order chi connectivity index (χ1) is 6.16. The molecule has 3 nitrogen and oxygen atoms in total. The van der Waals surface area contributed by atoms with Gasteiger partial charge in [-0.05, 0) is 6.92 Å². The summed E-state index contributed by atoms with van der Waals surface area (Å²) in [5, 5.41) is 0. The molecule has 0 saturated heterocycles. The van der Waals surface area contributed by atoms with Crippen LogP contribution in [0.3, 0.4) is 0 Å². The van der Waals surface area contributed by atoms with Gasteiger partial charge < -0.3 is 4.57 Å². The molecule has 0 aromatic carbocycles. The van der Waals surface area contributed by atoms with E-state index in [1.165, 1.54) is 0 Å². The molecular weight excluding hydrogens is 230 g/mol. The molecule has 0 bridgehead atoms. The van der Waals surface area contributed by atoms with Crippen molar-refractivity contribution in [3.8, 4) is 0 Å². The maximum Gasteiger partial charge on any atom is 0.146 e. The van der Waals surface area contributed by atoms with Crippen LogP contribution in [0.5, 0.6) is 0 Å². The molecule has 0 aliphatic heterocycles. The summed E-state index contributed by atoms with van der Waals surface area (Å²) in [5.74, 6) is 0. The summed E-state index contributed by atoms with van der Waals surface area (Å²) in [6, 6.07) is 0.377. The quantitative estimate of drug-likeness (QED) is 0.729. The van der Waals surface area contributed by atoms with Gasteiger partial charge in [0.1, 0.15) is 5.49 Å². The third-order valence-corrected chi connectivity index (χ3v) is 2.87. The molecule has 72 valence electrons. The predicted octanol–water partition coefficient (Wildman–Crippen LogP) is 1.76. The molecule has 1 unspecified atom stereocenters. The zero-order chi connectivity index (χ0) is 9.84. The van der Waals surface area contributed by atoms with E-state index in [2.05, 4.69) is 44.3 Å². The number of alkyl halides is 1. The summed E-state index contributed by atoms with van der Waals surface area (Å²) in [4.78, 5) is 8.60. The van der Waals surface area contributed by atoms with Gasteiger partial charge in [-0.1, -0.05) is 22.9 Å². The molecule has 1 rings (SSSR count). The van der Waals surface area contributed by atoms with Gasteiger partial charge in [0, 0.05) is 30.3 Å². The lowest BCUT2D eigenvalue weighted by atomic mass is 10.2.